The summed E-state index contributed by atoms with van der Waals surface area (Å²) in [6.45, 7) is 2.70. The van der Waals surface area contributed by atoms with Crippen LogP contribution in [0.4, 0.5) is 0 Å². The molecule has 2 saturated heterocycles. The van der Waals surface area contributed by atoms with Gasteiger partial charge in [0.1, 0.15) is 11.9 Å². The zero-order chi connectivity index (χ0) is 14.8. The van der Waals surface area contributed by atoms with Crippen LogP contribution in [0.2, 0.25) is 5.02 Å². The van der Waals surface area contributed by atoms with Gasteiger partial charge in [-0.05, 0) is 63.9 Å². The lowest BCUT2D eigenvalue weighted by Crippen LogP contribution is -2.43. The van der Waals surface area contributed by atoms with E-state index in [0.717, 1.165) is 22.9 Å². The van der Waals surface area contributed by atoms with Crippen LogP contribution in [-0.4, -0.2) is 42.8 Å². The maximum Gasteiger partial charge on any atom is 0.119 e. The Bertz CT molecular complexity index is 450. The van der Waals surface area contributed by atoms with Crippen LogP contribution < -0.4 is 4.74 Å². The lowest BCUT2D eigenvalue weighted by atomic mass is 10.0. The number of piperidine rings is 1. The van der Waals surface area contributed by atoms with Crippen molar-refractivity contribution in [3.05, 3.63) is 29.3 Å². The Hall–Kier alpha value is -0.770. The summed E-state index contributed by atoms with van der Waals surface area (Å²) in [7, 11) is 2.25. The third kappa shape index (κ3) is 3.71. The maximum absolute atomic E-state index is 6.09. The molecule has 2 heterocycles. The molecule has 0 aromatic heterocycles. The number of halogens is 1. The molecular formula is C17H24ClNO2. The Kier molecular flexibility index (Phi) is 4.72. The van der Waals surface area contributed by atoms with Gasteiger partial charge in [-0.25, -0.2) is 0 Å². The van der Waals surface area contributed by atoms with E-state index in [9.17, 15) is 0 Å². The van der Waals surface area contributed by atoms with Crippen molar-refractivity contribution in [1.29, 1.82) is 0 Å². The fourth-order valence-electron chi connectivity index (χ4n) is 3.55. The number of benzene rings is 1. The number of hydrogen-bond acceptors (Lipinski definition) is 3. The summed E-state index contributed by atoms with van der Waals surface area (Å²) in [6, 6.07) is 8.93. The fourth-order valence-corrected chi connectivity index (χ4v) is 3.67. The predicted molar refractivity (Wildman–Crippen MR) is 85.1 cm³/mol. The van der Waals surface area contributed by atoms with E-state index in [1.807, 2.05) is 24.3 Å². The van der Waals surface area contributed by atoms with Gasteiger partial charge in [0, 0.05) is 17.1 Å². The van der Waals surface area contributed by atoms with E-state index in [-0.39, 0.29) is 6.10 Å². The van der Waals surface area contributed by atoms with Gasteiger partial charge in [0.25, 0.3) is 0 Å². The van der Waals surface area contributed by atoms with Crippen molar-refractivity contribution in [3.8, 4) is 5.75 Å². The summed E-state index contributed by atoms with van der Waals surface area (Å²) in [5.74, 6) is 0.846. The summed E-state index contributed by atoms with van der Waals surface area (Å²) in [5.41, 5.74) is 0. The quantitative estimate of drug-likeness (QED) is 0.827. The molecule has 0 spiro atoms. The van der Waals surface area contributed by atoms with Crippen molar-refractivity contribution >= 4 is 11.6 Å². The Morgan fingerprint density at radius 2 is 1.81 bits per heavy atom. The number of ether oxygens (including phenoxy) is 2. The Morgan fingerprint density at radius 3 is 2.43 bits per heavy atom. The van der Waals surface area contributed by atoms with Crippen LogP contribution >= 0.6 is 11.6 Å². The minimum Gasteiger partial charge on any atom is -0.488 e. The topological polar surface area (TPSA) is 21.7 Å². The molecule has 2 bridgehead atoms. The Balaban J connectivity index is 1.44. The maximum atomic E-state index is 6.09. The van der Waals surface area contributed by atoms with Crippen molar-refractivity contribution in [1.82, 2.24) is 4.90 Å². The first kappa shape index (κ1) is 15.1. The van der Waals surface area contributed by atoms with Crippen molar-refractivity contribution < 1.29 is 9.47 Å². The third-order valence-corrected chi connectivity index (χ3v) is 5.02. The van der Waals surface area contributed by atoms with Gasteiger partial charge in [-0.3, -0.25) is 0 Å². The highest BCUT2D eigenvalue weighted by Crippen LogP contribution is 2.35. The molecule has 116 valence electrons. The fraction of sp³-hybridized carbons (Fsp3) is 0.647. The van der Waals surface area contributed by atoms with Gasteiger partial charge >= 0.3 is 0 Å². The molecule has 0 aliphatic carbocycles. The molecule has 3 atom stereocenters. The van der Waals surface area contributed by atoms with E-state index >= 15 is 0 Å². The van der Waals surface area contributed by atoms with Crippen LogP contribution in [-0.2, 0) is 4.74 Å². The normalized spacial score (nSPS) is 30.3. The Labute approximate surface area is 132 Å². The molecule has 3 nitrogen and oxygen atoms in total. The molecule has 0 radical (unpaired) electrons. The van der Waals surface area contributed by atoms with Gasteiger partial charge in [-0.1, -0.05) is 11.6 Å². The van der Waals surface area contributed by atoms with E-state index in [2.05, 4.69) is 18.9 Å². The number of hydrogen-bond donors (Lipinski definition) is 0. The highest BCUT2D eigenvalue weighted by molar-refractivity contribution is 6.30. The van der Waals surface area contributed by atoms with Crippen molar-refractivity contribution in [2.24, 2.45) is 0 Å². The van der Waals surface area contributed by atoms with E-state index in [0.29, 0.717) is 12.7 Å². The molecule has 0 N–H and O–H groups in total. The third-order valence-electron chi connectivity index (χ3n) is 4.77. The largest absolute Gasteiger partial charge is 0.488 e. The smallest absolute Gasteiger partial charge is 0.119 e. The lowest BCUT2D eigenvalue weighted by Gasteiger charge is -2.36. The summed E-state index contributed by atoms with van der Waals surface area (Å²) >= 11 is 5.87. The highest BCUT2D eigenvalue weighted by atomic mass is 35.5. The standard InChI is InChI=1S/C17H24ClNO2/c1-12(21-16-7-3-13(18)4-8-16)11-20-17-9-14-5-6-15(10-17)19(14)2/h3-4,7-8,12,14-15,17H,5-6,9-11H2,1-2H3. The van der Waals surface area contributed by atoms with Crippen LogP contribution in [0.1, 0.15) is 32.6 Å². The second-order valence-electron chi connectivity index (χ2n) is 6.36. The van der Waals surface area contributed by atoms with Crippen LogP contribution in [0.5, 0.6) is 5.75 Å². The highest BCUT2D eigenvalue weighted by Gasteiger charge is 2.38. The van der Waals surface area contributed by atoms with Crippen LogP contribution in [0.3, 0.4) is 0 Å². The zero-order valence-corrected chi connectivity index (χ0v) is 13.6. The van der Waals surface area contributed by atoms with Crippen LogP contribution in [0.25, 0.3) is 0 Å². The van der Waals surface area contributed by atoms with E-state index in [1.54, 1.807) is 0 Å². The average Bonchev–Trinajstić information content (AvgIpc) is 2.70. The van der Waals surface area contributed by atoms with Crippen molar-refractivity contribution in [3.63, 3.8) is 0 Å². The minimum absolute atomic E-state index is 0.0588. The van der Waals surface area contributed by atoms with Gasteiger partial charge in [0.15, 0.2) is 0 Å². The first-order valence-corrected chi connectivity index (χ1v) is 8.25. The SMILES string of the molecule is CC(COC1CC2CCC(C1)N2C)Oc1ccc(Cl)cc1. The van der Waals surface area contributed by atoms with E-state index < -0.39 is 0 Å². The summed E-state index contributed by atoms with van der Waals surface area (Å²) in [6.07, 6.45) is 5.45. The first-order chi connectivity index (χ1) is 10.1. The predicted octanol–water partition coefficient (Wildman–Crippen LogP) is 3.75. The van der Waals surface area contributed by atoms with Gasteiger partial charge < -0.3 is 14.4 Å². The second kappa shape index (κ2) is 6.55. The van der Waals surface area contributed by atoms with Gasteiger partial charge in [-0.2, -0.15) is 0 Å². The number of rotatable bonds is 5. The molecule has 2 aliphatic heterocycles. The molecule has 2 fully saturated rings. The molecule has 4 heteroatoms. The summed E-state index contributed by atoms with van der Waals surface area (Å²) in [5, 5.41) is 0.730. The second-order valence-corrected chi connectivity index (χ2v) is 6.80. The molecule has 21 heavy (non-hydrogen) atoms. The summed E-state index contributed by atoms with van der Waals surface area (Å²) in [4.78, 5) is 2.54. The number of fused-ring (bicyclic) bond motifs is 2. The Morgan fingerprint density at radius 1 is 1.19 bits per heavy atom. The van der Waals surface area contributed by atoms with Gasteiger partial charge in [0.2, 0.25) is 0 Å². The lowest BCUT2D eigenvalue weighted by molar-refractivity contribution is -0.0381. The van der Waals surface area contributed by atoms with Crippen molar-refractivity contribution in [2.45, 2.75) is 56.9 Å². The molecule has 0 amide bonds. The van der Waals surface area contributed by atoms with Gasteiger partial charge in [-0.15, -0.1) is 0 Å². The average molecular weight is 310 g/mol. The van der Waals surface area contributed by atoms with Crippen molar-refractivity contribution in [2.75, 3.05) is 13.7 Å². The van der Waals surface area contributed by atoms with Gasteiger partial charge in [0.05, 0.1) is 12.7 Å². The zero-order valence-electron chi connectivity index (χ0n) is 12.8. The van der Waals surface area contributed by atoms with E-state index in [4.69, 9.17) is 21.1 Å². The van der Waals surface area contributed by atoms with Crippen LogP contribution in [0, 0.1) is 0 Å². The molecular weight excluding hydrogens is 286 g/mol. The minimum atomic E-state index is 0.0588. The molecule has 3 unspecified atom stereocenters. The molecule has 0 saturated carbocycles. The van der Waals surface area contributed by atoms with Crippen LogP contribution in [0.15, 0.2) is 24.3 Å². The van der Waals surface area contributed by atoms with E-state index in [1.165, 1.54) is 25.7 Å². The monoisotopic (exact) mass is 309 g/mol. The molecule has 2 aliphatic rings. The molecule has 1 aromatic carbocycles. The number of nitrogens with zero attached hydrogens (tertiary/aromatic N) is 1. The molecule has 1 aromatic rings. The summed E-state index contributed by atoms with van der Waals surface area (Å²) < 4.78 is 11.9. The first-order valence-electron chi connectivity index (χ1n) is 7.87. The molecule has 3 rings (SSSR count).